The summed E-state index contributed by atoms with van der Waals surface area (Å²) in [5.41, 5.74) is 0.237. The summed E-state index contributed by atoms with van der Waals surface area (Å²) in [6.07, 6.45) is 8.51. The van der Waals surface area contributed by atoms with Gasteiger partial charge in [0, 0.05) is 0 Å². The first-order valence-corrected chi connectivity index (χ1v) is 4.76. The van der Waals surface area contributed by atoms with Gasteiger partial charge in [-0.05, 0) is 25.2 Å². The van der Waals surface area contributed by atoms with E-state index < -0.39 is 0 Å². The van der Waals surface area contributed by atoms with E-state index in [1.165, 1.54) is 19.3 Å². The monoisotopic (exact) mass is 163 g/mol. The molecule has 0 aromatic carbocycles. The Hall–Kier alpha value is -0.790. The van der Waals surface area contributed by atoms with E-state index in [0.29, 0.717) is 0 Å². The van der Waals surface area contributed by atoms with E-state index in [1.54, 1.807) is 0 Å². The zero-order valence-electron chi connectivity index (χ0n) is 7.12. The van der Waals surface area contributed by atoms with Gasteiger partial charge in [0.2, 0.25) is 0 Å². The maximum Gasteiger partial charge on any atom is 0.193 e. The molecule has 1 saturated carbocycles. The Morgan fingerprint density at radius 2 is 2.58 bits per heavy atom. The van der Waals surface area contributed by atoms with Gasteiger partial charge in [0.1, 0.15) is 6.61 Å². The fourth-order valence-electron chi connectivity index (χ4n) is 2.65. The fraction of sp³-hybridized carbons (Fsp3) is 0.700. The van der Waals surface area contributed by atoms with E-state index >= 15 is 0 Å². The van der Waals surface area contributed by atoms with Crippen LogP contribution in [0.4, 0.5) is 0 Å². The molecular weight excluding hydrogens is 150 g/mol. The van der Waals surface area contributed by atoms with Gasteiger partial charge in [0.15, 0.2) is 5.90 Å². The lowest BCUT2D eigenvalue weighted by atomic mass is 9.87. The normalized spacial score (nSPS) is 43.3. The third-order valence-electron chi connectivity index (χ3n) is 3.29. The number of rotatable bonds is 1. The van der Waals surface area contributed by atoms with Crippen molar-refractivity contribution in [3.05, 3.63) is 12.2 Å². The molecule has 0 aromatic heterocycles. The van der Waals surface area contributed by atoms with Crippen LogP contribution in [0.25, 0.3) is 0 Å². The first-order chi connectivity index (χ1) is 5.89. The molecule has 1 aliphatic heterocycles. The Balaban J connectivity index is 1.95. The quantitative estimate of drug-likeness (QED) is 0.540. The van der Waals surface area contributed by atoms with Gasteiger partial charge >= 0.3 is 0 Å². The molecule has 1 heterocycles. The van der Waals surface area contributed by atoms with E-state index in [9.17, 15) is 0 Å². The maximum absolute atomic E-state index is 5.56. The minimum absolute atomic E-state index is 0.237. The predicted molar refractivity (Wildman–Crippen MR) is 47.2 cm³/mol. The summed E-state index contributed by atoms with van der Waals surface area (Å²) in [4.78, 5) is 4.43. The zero-order valence-corrected chi connectivity index (χ0v) is 7.12. The molecular formula is C10H13NO. The van der Waals surface area contributed by atoms with E-state index in [4.69, 9.17) is 4.74 Å². The van der Waals surface area contributed by atoms with Gasteiger partial charge in [-0.3, -0.25) is 4.99 Å². The van der Waals surface area contributed by atoms with Gasteiger partial charge in [-0.15, -0.1) is 0 Å². The molecule has 64 valence electrons. The van der Waals surface area contributed by atoms with E-state index in [2.05, 4.69) is 17.1 Å². The molecule has 2 atom stereocenters. The molecule has 2 bridgehead atoms. The lowest BCUT2D eigenvalue weighted by molar-refractivity contribution is 0.301. The molecule has 0 saturated heterocycles. The summed E-state index contributed by atoms with van der Waals surface area (Å²) in [5, 5.41) is 0. The molecule has 0 radical (unpaired) electrons. The highest BCUT2D eigenvalue weighted by Crippen LogP contribution is 2.50. The van der Waals surface area contributed by atoms with Crippen molar-refractivity contribution in [2.24, 2.45) is 16.3 Å². The SMILES string of the molecule is C1=CC2(C3=NCCO3)CCC1C2. The van der Waals surface area contributed by atoms with Crippen LogP contribution < -0.4 is 0 Å². The van der Waals surface area contributed by atoms with Crippen LogP contribution in [-0.4, -0.2) is 19.0 Å². The molecule has 2 nitrogen and oxygen atoms in total. The average Bonchev–Trinajstić information content (AvgIpc) is 2.82. The fourth-order valence-corrected chi connectivity index (χ4v) is 2.65. The number of nitrogens with zero attached hydrogens (tertiary/aromatic N) is 1. The van der Waals surface area contributed by atoms with Crippen molar-refractivity contribution in [3.8, 4) is 0 Å². The van der Waals surface area contributed by atoms with Crippen LogP contribution in [0.5, 0.6) is 0 Å². The van der Waals surface area contributed by atoms with Crippen LogP contribution in [0.3, 0.4) is 0 Å². The number of ether oxygens (including phenoxy) is 1. The van der Waals surface area contributed by atoms with Gasteiger partial charge in [-0.2, -0.15) is 0 Å². The smallest absolute Gasteiger partial charge is 0.193 e. The van der Waals surface area contributed by atoms with Crippen LogP contribution in [0.2, 0.25) is 0 Å². The highest BCUT2D eigenvalue weighted by molar-refractivity contribution is 5.86. The van der Waals surface area contributed by atoms with Crippen molar-refractivity contribution in [2.75, 3.05) is 13.2 Å². The zero-order chi connectivity index (χ0) is 8.02. The van der Waals surface area contributed by atoms with Crippen molar-refractivity contribution >= 4 is 5.90 Å². The van der Waals surface area contributed by atoms with Crippen LogP contribution in [0.15, 0.2) is 17.1 Å². The number of hydrogen-bond acceptors (Lipinski definition) is 2. The summed E-state index contributed by atoms with van der Waals surface area (Å²) in [7, 11) is 0. The van der Waals surface area contributed by atoms with Gasteiger partial charge < -0.3 is 4.74 Å². The molecule has 0 aromatic rings. The highest BCUT2D eigenvalue weighted by Gasteiger charge is 2.46. The van der Waals surface area contributed by atoms with Gasteiger partial charge in [0.25, 0.3) is 0 Å². The molecule has 0 spiro atoms. The molecule has 0 N–H and O–H groups in total. The third kappa shape index (κ3) is 0.728. The molecule has 2 unspecified atom stereocenters. The van der Waals surface area contributed by atoms with Crippen molar-refractivity contribution in [1.29, 1.82) is 0 Å². The first-order valence-electron chi connectivity index (χ1n) is 4.76. The van der Waals surface area contributed by atoms with Gasteiger partial charge in [-0.25, -0.2) is 0 Å². The lowest BCUT2D eigenvalue weighted by Gasteiger charge is -2.22. The summed E-state index contributed by atoms with van der Waals surface area (Å²) in [5.74, 6) is 1.84. The topological polar surface area (TPSA) is 21.6 Å². The first kappa shape index (κ1) is 6.70. The Kier molecular flexibility index (Phi) is 1.18. The lowest BCUT2D eigenvalue weighted by Crippen LogP contribution is -2.24. The molecule has 2 aliphatic carbocycles. The van der Waals surface area contributed by atoms with Crippen molar-refractivity contribution in [2.45, 2.75) is 19.3 Å². The van der Waals surface area contributed by atoms with E-state index in [0.717, 1.165) is 25.0 Å². The number of fused-ring (bicyclic) bond motifs is 2. The Labute approximate surface area is 72.3 Å². The molecule has 2 heteroatoms. The molecule has 1 fully saturated rings. The minimum Gasteiger partial charge on any atom is -0.478 e. The Morgan fingerprint density at radius 1 is 1.58 bits per heavy atom. The Bertz CT molecular complexity index is 269. The van der Waals surface area contributed by atoms with Crippen LogP contribution >= 0.6 is 0 Å². The highest BCUT2D eigenvalue weighted by atomic mass is 16.5. The largest absolute Gasteiger partial charge is 0.478 e. The van der Waals surface area contributed by atoms with Crippen molar-refractivity contribution in [3.63, 3.8) is 0 Å². The van der Waals surface area contributed by atoms with E-state index in [1.807, 2.05) is 0 Å². The molecule has 3 aliphatic rings. The number of aliphatic imine (C=N–C) groups is 1. The van der Waals surface area contributed by atoms with Gasteiger partial charge in [-0.1, -0.05) is 12.2 Å². The summed E-state index contributed by atoms with van der Waals surface area (Å²) in [6, 6.07) is 0. The van der Waals surface area contributed by atoms with E-state index in [-0.39, 0.29) is 5.41 Å². The number of hydrogen-bond donors (Lipinski definition) is 0. The standard InChI is InChI=1S/C10H13NO/c1-3-10(4-2-8(1)7-10)9-11-5-6-12-9/h1,3,8H,2,4-7H2. The molecule has 12 heavy (non-hydrogen) atoms. The minimum atomic E-state index is 0.237. The number of allylic oxidation sites excluding steroid dienone is 1. The average molecular weight is 163 g/mol. The summed E-state index contributed by atoms with van der Waals surface area (Å²) >= 11 is 0. The second-order valence-corrected chi connectivity index (χ2v) is 4.05. The van der Waals surface area contributed by atoms with Crippen LogP contribution in [-0.2, 0) is 4.74 Å². The maximum atomic E-state index is 5.56. The molecule has 3 rings (SSSR count). The van der Waals surface area contributed by atoms with Crippen LogP contribution in [0, 0.1) is 11.3 Å². The van der Waals surface area contributed by atoms with Crippen molar-refractivity contribution in [1.82, 2.24) is 0 Å². The van der Waals surface area contributed by atoms with Crippen molar-refractivity contribution < 1.29 is 4.74 Å². The summed E-state index contributed by atoms with van der Waals surface area (Å²) < 4.78 is 5.56. The predicted octanol–water partition coefficient (Wildman–Crippen LogP) is 1.77. The van der Waals surface area contributed by atoms with Crippen LogP contribution in [0.1, 0.15) is 19.3 Å². The van der Waals surface area contributed by atoms with Gasteiger partial charge in [0.05, 0.1) is 12.0 Å². The molecule has 0 amide bonds. The second-order valence-electron chi connectivity index (χ2n) is 4.05. The summed E-state index contributed by atoms with van der Waals surface area (Å²) in [6.45, 7) is 1.67. The third-order valence-corrected chi connectivity index (χ3v) is 3.29. The Morgan fingerprint density at radius 3 is 3.08 bits per heavy atom. The second kappa shape index (κ2) is 2.12.